The van der Waals surface area contributed by atoms with Crippen LogP contribution in [0, 0.1) is 0 Å². The zero-order valence-corrected chi connectivity index (χ0v) is 11.6. The first-order chi connectivity index (χ1) is 8.66. The van der Waals surface area contributed by atoms with Gasteiger partial charge in [0.25, 0.3) is 0 Å². The van der Waals surface area contributed by atoms with Crippen molar-refractivity contribution in [2.24, 2.45) is 0 Å². The summed E-state index contributed by atoms with van der Waals surface area (Å²) in [7, 11) is 0. The lowest BCUT2D eigenvalue weighted by Crippen LogP contribution is -2.33. The Balaban J connectivity index is 1.99. The number of pyridine rings is 1. The highest BCUT2D eigenvalue weighted by Gasteiger charge is 2.26. The number of hydrogen-bond acceptors (Lipinski definition) is 4. The third-order valence-corrected chi connectivity index (χ3v) is 4.67. The van der Waals surface area contributed by atoms with Gasteiger partial charge in [-0.15, -0.1) is 11.3 Å². The summed E-state index contributed by atoms with van der Waals surface area (Å²) in [5.74, 6) is 0.829. The molecule has 0 aliphatic carbocycles. The molecule has 0 radical (unpaired) electrons. The molecule has 0 amide bonds. The molecule has 5 heteroatoms. The van der Waals surface area contributed by atoms with Crippen molar-refractivity contribution in [2.75, 3.05) is 17.2 Å². The summed E-state index contributed by atoms with van der Waals surface area (Å²) >= 11 is 8.08. The Kier molecular flexibility index (Phi) is 2.92. The van der Waals surface area contributed by atoms with Gasteiger partial charge in [-0.25, -0.2) is 4.98 Å². The van der Waals surface area contributed by atoms with Crippen LogP contribution in [0.5, 0.6) is 0 Å². The highest BCUT2D eigenvalue weighted by atomic mass is 35.5. The van der Waals surface area contributed by atoms with Crippen LogP contribution in [0.4, 0.5) is 11.5 Å². The number of thiophene rings is 1. The molecular weight excluding hydrogens is 266 g/mol. The Labute approximate surface area is 115 Å². The lowest BCUT2D eigenvalue weighted by molar-refractivity contribution is 0.625. The maximum atomic E-state index is 6.25. The predicted octanol–water partition coefficient (Wildman–Crippen LogP) is 3.50. The molecule has 0 fully saturated rings. The number of nitrogens with zero attached hydrogens (tertiary/aromatic N) is 2. The molecule has 1 unspecified atom stereocenters. The Hall–Kier alpha value is -1.26. The monoisotopic (exact) mass is 279 g/mol. The summed E-state index contributed by atoms with van der Waals surface area (Å²) in [4.78, 5) is 8.11. The van der Waals surface area contributed by atoms with Gasteiger partial charge >= 0.3 is 0 Å². The molecule has 0 bridgehead atoms. The van der Waals surface area contributed by atoms with Gasteiger partial charge in [0.15, 0.2) is 0 Å². The second-order valence-corrected chi connectivity index (χ2v) is 5.90. The Morgan fingerprint density at radius 3 is 3.17 bits per heavy atom. The zero-order valence-electron chi connectivity index (χ0n) is 10.1. The molecule has 0 spiro atoms. The van der Waals surface area contributed by atoms with Crippen LogP contribution in [-0.2, 0) is 6.42 Å². The van der Waals surface area contributed by atoms with Gasteiger partial charge in [-0.1, -0.05) is 11.6 Å². The number of nitrogens with two attached hydrogens (primary N) is 1. The minimum atomic E-state index is 0.314. The fourth-order valence-electron chi connectivity index (χ4n) is 2.46. The van der Waals surface area contributed by atoms with Crippen LogP contribution in [-0.4, -0.2) is 11.5 Å². The van der Waals surface area contributed by atoms with E-state index in [0.717, 1.165) is 18.8 Å². The second kappa shape index (κ2) is 4.44. The van der Waals surface area contributed by atoms with Crippen molar-refractivity contribution in [1.82, 2.24) is 4.98 Å². The van der Waals surface area contributed by atoms with E-state index < -0.39 is 0 Å². The quantitative estimate of drug-likeness (QED) is 0.869. The summed E-state index contributed by atoms with van der Waals surface area (Å²) in [5.41, 5.74) is 7.68. The van der Waals surface area contributed by atoms with Crippen LogP contribution >= 0.6 is 22.9 Å². The Bertz CT molecular complexity index is 581. The number of rotatable bonds is 1. The van der Waals surface area contributed by atoms with Crippen LogP contribution in [0.25, 0.3) is 0 Å². The molecule has 1 atom stereocenters. The van der Waals surface area contributed by atoms with Gasteiger partial charge < -0.3 is 10.6 Å². The summed E-state index contributed by atoms with van der Waals surface area (Å²) < 4.78 is 0. The van der Waals surface area contributed by atoms with Crippen molar-refractivity contribution >= 4 is 34.4 Å². The first-order valence-electron chi connectivity index (χ1n) is 5.90. The van der Waals surface area contributed by atoms with Crippen molar-refractivity contribution in [3.8, 4) is 0 Å². The Morgan fingerprint density at radius 2 is 2.39 bits per heavy atom. The van der Waals surface area contributed by atoms with Crippen LogP contribution in [0.3, 0.4) is 0 Å². The van der Waals surface area contributed by atoms with Gasteiger partial charge in [-0.05, 0) is 36.4 Å². The van der Waals surface area contributed by atoms with Crippen LogP contribution in [0.15, 0.2) is 23.7 Å². The normalized spacial score (nSPS) is 18.8. The number of nitrogen functional groups attached to an aromatic ring is 1. The zero-order chi connectivity index (χ0) is 12.7. The first kappa shape index (κ1) is 11.8. The highest BCUT2D eigenvalue weighted by molar-refractivity contribution is 7.10. The molecule has 2 N–H and O–H groups in total. The fraction of sp³-hybridized carbons (Fsp3) is 0.308. The minimum Gasteiger partial charge on any atom is -0.397 e. The standard InChI is InChI=1S/C13H14ClN3S/c1-8-10-3-5-18-12(10)2-4-17(8)13-11(14)6-9(15)7-16-13/h3,5-8H,2,4,15H2,1H3. The average molecular weight is 280 g/mol. The number of fused-ring (bicyclic) bond motifs is 1. The van der Waals surface area contributed by atoms with Gasteiger partial charge in [-0.2, -0.15) is 0 Å². The molecule has 94 valence electrons. The van der Waals surface area contributed by atoms with Gasteiger partial charge in [0.2, 0.25) is 0 Å². The van der Waals surface area contributed by atoms with Crippen molar-refractivity contribution in [2.45, 2.75) is 19.4 Å². The van der Waals surface area contributed by atoms with Crippen molar-refractivity contribution in [3.63, 3.8) is 0 Å². The molecule has 0 aromatic carbocycles. The van der Waals surface area contributed by atoms with Crippen molar-refractivity contribution in [1.29, 1.82) is 0 Å². The third kappa shape index (κ3) is 1.85. The number of halogens is 1. The topological polar surface area (TPSA) is 42.2 Å². The number of hydrogen-bond donors (Lipinski definition) is 1. The van der Waals surface area contributed by atoms with E-state index >= 15 is 0 Å². The van der Waals surface area contributed by atoms with E-state index in [4.69, 9.17) is 17.3 Å². The highest BCUT2D eigenvalue weighted by Crippen LogP contribution is 2.37. The largest absolute Gasteiger partial charge is 0.397 e. The molecular formula is C13H14ClN3S. The molecule has 2 aromatic heterocycles. The molecule has 18 heavy (non-hydrogen) atoms. The molecule has 3 rings (SSSR count). The maximum absolute atomic E-state index is 6.25. The Morgan fingerprint density at radius 1 is 1.56 bits per heavy atom. The van der Waals surface area contributed by atoms with E-state index in [-0.39, 0.29) is 0 Å². The van der Waals surface area contributed by atoms with Crippen molar-refractivity contribution < 1.29 is 0 Å². The summed E-state index contributed by atoms with van der Waals surface area (Å²) in [6, 6.07) is 4.27. The lowest BCUT2D eigenvalue weighted by Gasteiger charge is -2.35. The molecule has 3 nitrogen and oxygen atoms in total. The van der Waals surface area contributed by atoms with Gasteiger partial charge in [0.1, 0.15) is 5.82 Å². The van der Waals surface area contributed by atoms with Crippen LogP contribution < -0.4 is 10.6 Å². The van der Waals surface area contributed by atoms with E-state index in [9.17, 15) is 0 Å². The summed E-state index contributed by atoms with van der Waals surface area (Å²) in [6.45, 7) is 3.14. The molecule has 1 aliphatic heterocycles. The number of aromatic nitrogens is 1. The molecule has 2 aromatic rings. The van der Waals surface area contributed by atoms with E-state index in [1.54, 1.807) is 12.3 Å². The second-order valence-electron chi connectivity index (χ2n) is 4.49. The first-order valence-corrected chi connectivity index (χ1v) is 7.16. The van der Waals surface area contributed by atoms with E-state index in [2.05, 4.69) is 28.3 Å². The average Bonchev–Trinajstić information content (AvgIpc) is 2.80. The molecule has 0 saturated heterocycles. The van der Waals surface area contributed by atoms with Crippen LogP contribution in [0.1, 0.15) is 23.4 Å². The number of anilines is 2. The van der Waals surface area contributed by atoms with Crippen LogP contribution in [0.2, 0.25) is 5.02 Å². The predicted molar refractivity (Wildman–Crippen MR) is 77.4 cm³/mol. The van der Waals surface area contributed by atoms with Gasteiger partial charge in [0, 0.05) is 11.4 Å². The lowest BCUT2D eigenvalue weighted by atomic mass is 10.0. The summed E-state index contributed by atoms with van der Waals surface area (Å²) in [6.07, 6.45) is 2.72. The summed E-state index contributed by atoms with van der Waals surface area (Å²) in [5, 5.41) is 2.78. The van der Waals surface area contributed by atoms with Crippen molar-refractivity contribution in [3.05, 3.63) is 39.2 Å². The SMILES string of the molecule is CC1c2ccsc2CCN1c1ncc(N)cc1Cl. The smallest absolute Gasteiger partial charge is 0.148 e. The molecule has 3 heterocycles. The van der Waals surface area contributed by atoms with E-state index in [1.165, 1.54) is 10.4 Å². The minimum absolute atomic E-state index is 0.314. The molecule has 1 aliphatic rings. The fourth-order valence-corrected chi connectivity index (χ4v) is 3.70. The van der Waals surface area contributed by atoms with E-state index in [0.29, 0.717) is 16.8 Å². The van der Waals surface area contributed by atoms with E-state index in [1.807, 2.05) is 11.3 Å². The maximum Gasteiger partial charge on any atom is 0.148 e. The molecule has 0 saturated carbocycles. The third-order valence-electron chi connectivity index (χ3n) is 3.39. The van der Waals surface area contributed by atoms with Gasteiger partial charge in [-0.3, -0.25) is 0 Å². The van der Waals surface area contributed by atoms with Gasteiger partial charge in [0.05, 0.1) is 22.9 Å².